The van der Waals surface area contributed by atoms with Crippen LogP contribution in [0.15, 0.2) is 35.3 Å². The Morgan fingerprint density at radius 2 is 1.11 bits per heavy atom. The average Bonchev–Trinajstić information content (AvgIpc) is 3.13. The number of nitrogens with one attached hydrogen (secondary N) is 5. The molecule has 0 radical (unpaired) electrons. The number of carbonyl (C=O) groups excluding carboxylic acids is 5. The van der Waals surface area contributed by atoms with Crippen LogP contribution in [-0.4, -0.2) is 108 Å². The molecule has 19 heteroatoms. The summed E-state index contributed by atoms with van der Waals surface area (Å²) < 4.78 is 0. The molecule has 0 fully saturated rings. The molecule has 6 atom stereocenters. The minimum Gasteiger partial charge on any atom is -0.480 e. The third kappa shape index (κ3) is 20.2. The Hall–Kier alpha value is -4.46. The zero-order valence-corrected chi connectivity index (χ0v) is 32.9. The van der Waals surface area contributed by atoms with Gasteiger partial charge in [0.05, 0.1) is 6.04 Å². The van der Waals surface area contributed by atoms with Gasteiger partial charge in [-0.05, 0) is 88.8 Å². The number of aliphatic carboxylic acids is 1. The number of nitrogens with two attached hydrogens (primary N) is 5. The molecule has 5 amide bonds. The van der Waals surface area contributed by atoms with Crippen LogP contribution in [0.4, 0.5) is 0 Å². The van der Waals surface area contributed by atoms with E-state index >= 15 is 0 Å². The number of aliphatic imine (C=N–C) groups is 1. The molecule has 1 rings (SSSR count). The number of hydrogen-bond acceptors (Lipinski definition) is 11. The van der Waals surface area contributed by atoms with Crippen LogP contribution in [0, 0.1) is 5.92 Å². The van der Waals surface area contributed by atoms with Crippen molar-refractivity contribution in [1.82, 2.24) is 26.6 Å². The highest BCUT2D eigenvalue weighted by Gasteiger charge is 2.33. The molecule has 0 spiro atoms. The number of hydrogen-bond donors (Lipinski definition) is 12. The molecule has 0 saturated heterocycles. The van der Waals surface area contributed by atoms with Crippen molar-refractivity contribution in [2.75, 3.05) is 25.4 Å². The summed E-state index contributed by atoms with van der Waals surface area (Å²) >= 11 is 3.99. The van der Waals surface area contributed by atoms with Gasteiger partial charge in [-0.3, -0.25) is 29.0 Å². The normalized spacial score (nSPS) is 14.3. The first-order valence-electron chi connectivity index (χ1n) is 18.7. The number of nitrogens with zero attached hydrogens (tertiary/aromatic N) is 1. The van der Waals surface area contributed by atoms with Crippen LogP contribution < -0.4 is 55.3 Å². The van der Waals surface area contributed by atoms with E-state index < -0.39 is 71.8 Å². The van der Waals surface area contributed by atoms with Gasteiger partial charge in [0.25, 0.3) is 0 Å². The fourth-order valence-electron chi connectivity index (χ4n) is 5.51. The summed E-state index contributed by atoms with van der Waals surface area (Å²) in [6.45, 7) is 4.54. The van der Waals surface area contributed by atoms with E-state index in [0.717, 1.165) is 5.56 Å². The maximum atomic E-state index is 13.9. The lowest BCUT2D eigenvalue weighted by Gasteiger charge is -2.28. The zero-order chi connectivity index (χ0) is 41.3. The predicted molar refractivity (Wildman–Crippen MR) is 214 cm³/mol. The molecular weight excluding hydrogens is 731 g/mol. The van der Waals surface area contributed by atoms with Gasteiger partial charge in [-0.25, -0.2) is 4.79 Å². The number of carboxylic acid groups (broad SMARTS) is 1. The Bertz CT molecular complexity index is 1380. The second-order valence-electron chi connectivity index (χ2n) is 13.8. The molecule has 18 nitrogen and oxygen atoms in total. The van der Waals surface area contributed by atoms with Gasteiger partial charge in [-0.1, -0.05) is 44.2 Å². The largest absolute Gasteiger partial charge is 0.480 e. The average molecular weight is 794 g/mol. The lowest BCUT2D eigenvalue weighted by atomic mass is 10.0. The van der Waals surface area contributed by atoms with Crippen molar-refractivity contribution in [3.63, 3.8) is 0 Å². The highest BCUT2D eigenvalue weighted by Crippen LogP contribution is 2.11. The molecule has 1 aromatic carbocycles. The van der Waals surface area contributed by atoms with E-state index in [1.54, 1.807) is 0 Å². The fraction of sp³-hybridized carbons (Fsp3) is 0.639. The molecule has 1 aromatic rings. The first-order chi connectivity index (χ1) is 26.1. The van der Waals surface area contributed by atoms with Crippen molar-refractivity contribution in [2.24, 2.45) is 39.6 Å². The molecule has 0 aliphatic heterocycles. The Kier molecular flexibility index (Phi) is 24.0. The van der Waals surface area contributed by atoms with E-state index in [9.17, 15) is 33.9 Å². The molecule has 0 unspecified atom stereocenters. The number of guanidine groups is 1. The lowest BCUT2D eigenvalue weighted by Crippen LogP contribution is -2.59. The summed E-state index contributed by atoms with van der Waals surface area (Å²) in [5.74, 6) is -5.01. The topological polar surface area (TPSA) is 325 Å². The monoisotopic (exact) mass is 793 g/mol. The molecule has 0 aliphatic rings. The van der Waals surface area contributed by atoms with E-state index in [1.807, 2.05) is 44.2 Å². The fourth-order valence-corrected chi connectivity index (χ4v) is 5.76. The van der Waals surface area contributed by atoms with E-state index in [-0.39, 0.29) is 62.7 Å². The van der Waals surface area contributed by atoms with Crippen LogP contribution in [0.25, 0.3) is 0 Å². The number of amides is 5. The summed E-state index contributed by atoms with van der Waals surface area (Å²) in [5.41, 5.74) is 29.3. The van der Waals surface area contributed by atoms with Gasteiger partial charge in [0.1, 0.15) is 30.2 Å². The molecular formula is C36H63N11O7S. The summed E-state index contributed by atoms with van der Waals surface area (Å²) in [6.07, 6.45) is 3.20. The minimum absolute atomic E-state index is 0.0613. The molecule has 0 aliphatic carbocycles. The second-order valence-corrected chi connectivity index (χ2v) is 14.1. The van der Waals surface area contributed by atoms with Crippen LogP contribution in [0.3, 0.4) is 0 Å². The van der Waals surface area contributed by atoms with Crippen molar-refractivity contribution in [2.45, 2.75) is 114 Å². The van der Waals surface area contributed by atoms with E-state index in [1.165, 1.54) is 0 Å². The third-order valence-electron chi connectivity index (χ3n) is 8.51. The molecule has 0 aromatic heterocycles. The van der Waals surface area contributed by atoms with E-state index in [4.69, 9.17) is 28.7 Å². The molecule has 310 valence electrons. The first-order valence-corrected chi connectivity index (χ1v) is 19.4. The number of benzene rings is 1. The van der Waals surface area contributed by atoms with Gasteiger partial charge in [-0.15, -0.1) is 0 Å². The first kappa shape index (κ1) is 48.6. The Morgan fingerprint density at radius 3 is 1.55 bits per heavy atom. The van der Waals surface area contributed by atoms with Gasteiger partial charge in [0.15, 0.2) is 5.96 Å². The number of carboxylic acids is 1. The third-order valence-corrected chi connectivity index (χ3v) is 8.88. The maximum absolute atomic E-state index is 13.9. The van der Waals surface area contributed by atoms with Gasteiger partial charge in [0, 0.05) is 12.3 Å². The standard InChI is InChI=1S/C36H63N11O7S/c1-22(2)19-28(34(52)45-26(14-7-9-17-38)33(51)47-29(21-55)35(53)54)46-32(50)27(15-10-18-42-36(40)41)44-31(49)25(13-6-8-16-37)43-30(48)24(39)20-23-11-4-3-5-12-23/h3-5,11-12,22,24-29,55H,6-10,13-21,37-39H2,1-2H3,(H,43,48)(H,44,49)(H,45,52)(H,46,50)(H,47,51)(H,53,54)(H4,40,41,42)/t24-,25-,26-,27-,28-,29-/m0/s1. The van der Waals surface area contributed by atoms with Crippen LogP contribution in [0.1, 0.15) is 77.2 Å². The van der Waals surface area contributed by atoms with E-state index in [2.05, 4.69) is 44.2 Å². The van der Waals surface area contributed by atoms with Crippen LogP contribution >= 0.6 is 12.6 Å². The highest BCUT2D eigenvalue weighted by molar-refractivity contribution is 7.80. The summed E-state index contributed by atoms with van der Waals surface area (Å²) in [6, 6.07) is 2.43. The van der Waals surface area contributed by atoms with Crippen molar-refractivity contribution >= 4 is 54.1 Å². The van der Waals surface area contributed by atoms with Gasteiger partial charge in [-0.2, -0.15) is 12.6 Å². The quantitative estimate of drug-likeness (QED) is 0.0197. The number of rotatable bonds is 28. The Balaban J connectivity index is 3.30. The maximum Gasteiger partial charge on any atom is 0.327 e. The van der Waals surface area contributed by atoms with Crippen molar-refractivity contribution in [3.8, 4) is 0 Å². The molecule has 0 saturated carbocycles. The van der Waals surface area contributed by atoms with Crippen molar-refractivity contribution in [1.29, 1.82) is 0 Å². The SMILES string of the molecule is CC(C)C[C@H](NC(=O)[C@H](CCCN=C(N)N)NC(=O)[C@H](CCCCN)NC(=O)[C@@H](N)Cc1ccccc1)C(=O)N[C@@H](CCCCN)C(=O)N[C@@H](CS)C(=O)O. The number of thiol groups is 1. The van der Waals surface area contributed by atoms with Crippen LogP contribution in [-0.2, 0) is 35.2 Å². The van der Waals surface area contributed by atoms with Crippen LogP contribution in [0.5, 0.6) is 0 Å². The van der Waals surface area contributed by atoms with Gasteiger partial charge >= 0.3 is 5.97 Å². The predicted octanol–water partition coefficient (Wildman–Crippen LogP) is -1.65. The molecule has 0 heterocycles. The van der Waals surface area contributed by atoms with Gasteiger partial charge < -0.3 is 60.4 Å². The Morgan fingerprint density at radius 1 is 0.673 bits per heavy atom. The molecule has 0 bridgehead atoms. The zero-order valence-electron chi connectivity index (χ0n) is 32.0. The van der Waals surface area contributed by atoms with Crippen molar-refractivity contribution in [3.05, 3.63) is 35.9 Å². The number of unbranched alkanes of at least 4 members (excludes halogenated alkanes) is 2. The smallest absolute Gasteiger partial charge is 0.327 e. The second kappa shape index (κ2) is 27.2. The van der Waals surface area contributed by atoms with Gasteiger partial charge in [0.2, 0.25) is 29.5 Å². The summed E-state index contributed by atoms with van der Waals surface area (Å²) in [5, 5.41) is 22.7. The van der Waals surface area contributed by atoms with Crippen molar-refractivity contribution < 1.29 is 33.9 Å². The Labute approximate surface area is 329 Å². The van der Waals surface area contributed by atoms with E-state index in [0.29, 0.717) is 38.8 Å². The number of carbonyl (C=O) groups is 6. The summed E-state index contributed by atoms with van der Waals surface area (Å²) in [7, 11) is 0. The summed E-state index contributed by atoms with van der Waals surface area (Å²) in [4.78, 5) is 83.3. The highest BCUT2D eigenvalue weighted by atomic mass is 32.1. The molecule has 55 heavy (non-hydrogen) atoms. The molecule has 16 N–H and O–H groups in total. The lowest BCUT2D eigenvalue weighted by molar-refractivity contribution is -0.141. The minimum atomic E-state index is -1.29. The van der Waals surface area contributed by atoms with Crippen LogP contribution in [0.2, 0.25) is 0 Å².